The van der Waals surface area contributed by atoms with Gasteiger partial charge in [-0.25, -0.2) is 4.57 Å². The van der Waals surface area contributed by atoms with Crippen LogP contribution in [0.15, 0.2) is 24.3 Å². The van der Waals surface area contributed by atoms with Crippen LogP contribution in [-0.4, -0.2) is 16.9 Å². The fraction of sp³-hybridized carbons (Fsp3) is 0.250. The van der Waals surface area contributed by atoms with Gasteiger partial charge in [0.2, 0.25) is 0 Å². The summed E-state index contributed by atoms with van der Waals surface area (Å²) in [5, 5.41) is 0. The summed E-state index contributed by atoms with van der Waals surface area (Å²) in [7, 11) is -2.84. The first-order valence-electron chi connectivity index (χ1n) is 3.84. The molecule has 0 fully saturated rings. The van der Waals surface area contributed by atoms with Gasteiger partial charge in [0.1, 0.15) is 5.75 Å². The molecule has 14 heavy (non-hydrogen) atoms. The van der Waals surface area contributed by atoms with Crippen LogP contribution in [0.4, 0.5) is 0 Å². The van der Waals surface area contributed by atoms with E-state index < -0.39 is 7.82 Å². The number of phosphoric acid groups is 1. The van der Waals surface area contributed by atoms with Gasteiger partial charge in [0.05, 0.1) is 13.7 Å². The third kappa shape index (κ3) is 3.89. The van der Waals surface area contributed by atoms with E-state index in [0.29, 0.717) is 11.3 Å². The SMILES string of the molecule is COc1ccc(COP(=O)(O)O)cc1. The second-order valence-corrected chi connectivity index (χ2v) is 3.85. The predicted molar refractivity (Wildman–Crippen MR) is 49.8 cm³/mol. The number of phosphoric ester groups is 1. The van der Waals surface area contributed by atoms with Crippen molar-refractivity contribution in [3.05, 3.63) is 29.8 Å². The first-order valence-corrected chi connectivity index (χ1v) is 5.37. The Morgan fingerprint density at radius 3 is 2.29 bits per heavy atom. The summed E-state index contributed by atoms with van der Waals surface area (Å²) in [5.74, 6) is 0.685. The molecule has 0 unspecified atom stereocenters. The van der Waals surface area contributed by atoms with E-state index in [-0.39, 0.29) is 6.61 Å². The largest absolute Gasteiger partial charge is 0.497 e. The highest BCUT2D eigenvalue weighted by atomic mass is 31.2. The van der Waals surface area contributed by atoms with Crippen molar-refractivity contribution < 1.29 is 23.6 Å². The molecule has 0 radical (unpaired) electrons. The Bertz CT molecular complexity index is 328. The minimum Gasteiger partial charge on any atom is -0.497 e. The molecule has 0 aliphatic carbocycles. The lowest BCUT2D eigenvalue weighted by Gasteiger charge is -2.05. The van der Waals surface area contributed by atoms with Gasteiger partial charge in [-0.3, -0.25) is 4.52 Å². The molecule has 5 nitrogen and oxygen atoms in total. The zero-order chi connectivity index (χ0) is 10.6. The highest BCUT2D eigenvalue weighted by molar-refractivity contribution is 7.46. The van der Waals surface area contributed by atoms with E-state index >= 15 is 0 Å². The minimum absolute atomic E-state index is 0.117. The Morgan fingerprint density at radius 1 is 1.29 bits per heavy atom. The van der Waals surface area contributed by atoms with Crippen LogP contribution in [0.3, 0.4) is 0 Å². The van der Waals surface area contributed by atoms with Crippen molar-refractivity contribution in [1.82, 2.24) is 0 Å². The lowest BCUT2D eigenvalue weighted by atomic mass is 10.2. The normalized spacial score (nSPS) is 11.4. The minimum atomic E-state index is -4.38. The zero-order valence-electron chi connectivity index (χ0n) is 7.58. The first kappa shape index (κ1) is 11.2. The smallest absolute Gasteiger partial charge is 0.469 e. The number of hydrogen-bond acceptors (Lipinski definition) is 3. The van der Waals surface area contributed by atoms with Crippen molar-refractivity contribution in [1.29, 1.82) is 0 Å². The fourth-order valence-electron chi connectivity index (χ4n) is 0.880. The monoisotopic (exact) mass is 218 g/mol. The van der Waals surface area contributed by atoms with E-state index in [2.05, 4.69) is 4.52 Å². The van der Waals surface area contributed by atoms with Crippen molar-refractivity contribution in [3.63, 3.8) is 0 Å². The van der Waals surface area contributed by atoms with Crippen LogP contribution in [0.25, 0.3) is 0 Å². The average Bonchev–Trinajstić information content (AvgIpc) is 2.14. The molecule has 0 atom stereocenters. The summed E-state index contributed by atoms with van der Waals surface area (Å²) >= 11 is 0. The highest BCUT2D eigenvalue weighted by Crippen LogP contribution is 2.36. The van der Waals surface area contributed by atoms with Crippen molar-refractivity contribution in [2.75, 3.05) is 7.11 Å². The molecule has 1 aromatic carbocycles. The van der Waals surface area contributed by atoms with Crippen LogP contribution in [0, 0.1) is 0 Å². The number of benzene rings is 1. The zero-order valence-corrected chi connectivity index (χ0v) is 8.48. The number of hydrogen-bond donors (Lipinski definition) is 2. The maximum Gasteiger partial charge on any atom is 0.469 e. The van der Waals surface area contributed by atoms with Crippen molar-refractivity contribution in [2.45, 2.75) is 6.61 Å². The van der Waals surface area contributed by atoms with Crippen LogP contribution < -0.4 is 4.74 Å². The molecule has 0 spiro atoms. The van der Waals surface area contributed by atoms with Gasteiger partial charge in [0, 0.05) is 0 Å². The quantitative estimate of drug-likeness (QED) is 0.745. The Labute approximate surface area is 81.5 Å². The average molecular weight is 218 g/mol. The molecule has 0 bridgehead atoms. The van der Waals surface area contributed by atoms with Gasteiger partial charge in [0.25, 0.3) is 0 Å². The van der Waals surface area contributed by atoms with Gasteiger partial charge in [0.15, 0.2) is 0 Å². The van der Waals surface area contributed by atoms with Crippen LogP contribution in [0.2, 0.25) is 0 Å². The Hall–Kier alpha value is -0.870. The summed E-state index contributed by atoms with van der Waals surface area (Å²) < 4.78 is 19.6. The third-order valence-corrected chi connectivity index (χ3v) is 2.02. The number of ether oxygens (including phenoxy) is 1. The van der Waals surface area contributed by atoms with Crippen molar-refractivity contribution >= 4 is 7.82 Å². The molecule has 0 aromatic heterocycles. The van der Waals surface area contributed by atoms with Crippen LogP contribution in [0.5, 0.6) is 5.75 Å². The van der Waals surface area contributed by atoms with E-state index in [1.54, 1.807) is 31.4 Å². The van der Waals surface area contributed by atoms with Crippen LogP contribution in [-0.2, 0) is 15.7 Å². The summed E-state index contributed by atoms with van der Waals surface area (Å²) in [6, 6.07) is 6.74. The molecule has 0 aliphatic rings. The highest BCUT2D eigenvalue weighted by Gasteiger charge is 2.13. The molecule has 6 heteroatoms. The molecule has 0 saturated heterocycles. The molecular weight excluding hydrogens is 207 g/mol. The summed E-state index contributed by atoms with van der Waals surface area (Å²) in [6.07, 6.45) is 0. The maximum absolute atomic E-state index is 10.4. The molecule has 0 heterocycles. The molecule has 2 N–H and O–H groups in total. The van der Waals surface area contributed by atoms with E-state index in [9.17, 15) is 4.57 Å². The molecule has 0 aliphatic heterocycles. The van der Waals surface area contributed by atoms with E-state index in [1.165, 1.54) is 0 Å². The van der Waals surface area contributed by atoms with Gasteiger partial charge >= 0.3 is 7.82 Å². The molecule has 0 amide bonds. The standard InChI is InChI=1S/C8H11O5P/c1-12-8-4-2-7(3-5-8)6-13-14(9,10)11/h2-5H,6H2,1H3,(H2,9,10,11). The lowest BCUT2D eigenvalue weighted by Crippen LogP contribution is -1.91. The van der Waals surface area contributed by atoms with Crippen LogP contribution in [0.1, 0.15) is 5.56 Å². The second kappa shape index (κ2) is 4.57. The Balaban J connectivity index is 2.56. The lowest BCUT2D eigenvalue weighted by molar-refractivity contribution is 0.189. The summed E-state index contributed by atoms with van der Waals surface area (Å²) in [5.41, 5.74) is 0.675. The molecular formula is C8H11O5P. The van der Waals surface area contributed by atoms with E-state index in [1.807, 2.05) is 0 Å². The summed E-state index contributed by atoms with van der Waals surface area (Å²) in [4.78, 5) is 16.9. The van der Waals surface area contributed by atoms with Gasteiger partial charge < -0.3 is 14.5 Å². The number of rotatable bonds is 4. The molecule has 0 saturated carbocycles. The van der Waals surface area contributed by atoms with Gasteiger partial charge in [-0.1, -0.05) is 12.1 Å². The third-order valence-electron chi connectivity index (χ3n) is 1.56. The first-order chi connectivity index (χ1) is 6.51. The molecule has 1 aromatic rings. The van der Waals surface area contributed by atoms with Crippen molar-refractivity contribution in [3.8, 4) is 5.75 Å². The maximum atomic E-state index is 10.4. The number of methoxy groups -OCH3 is 1. The topological polar surface area (TPSA) is 76.0 Å². The fourth-order valence-corrected chi connectivity index (χ4v) is 1.20. The summed E-state index contributed by atoms with van der Waals surface area (Å²) in [6.45, 7) is -0.117. The molecule has 78 valence electrons. The van der Waals surface area contributed by atoms with Gasteiger partial charge in [-0.05, 0) is 17.7 Å². The van der Waals surface area contributed by atoms with E-state index in [4.69, 9.17) is 14.5 Å². The second-order valence-electron chi connectivity index (χ2n) is 2.61. The van der Waals surface area contributed by atoms with Gasteiger partial charge in [-0.2, -0.15) is 0 Å². The van der Waals surface area contributed by atoms with E-state index in [0.717, 1.165) is 0 Å². The van der Waals surface area contributed by atoms with Crippen LogP contribution >= 0.6 is 7.82 Å². The van der Waals surface area contributed by atoms with Gasteiger partial charge in [-0.15, -0.1) is 0 Å². The Morgan fingerprint density at radius 2 is 1.86 bits per heavy atom. The predicted octanol–water partition coefficient (Wildman–Crippen LogP) is 1.30. The molecule has 1 rings (SSSR count). The Kier molecular flexibility index (Phi) is 3.66. The van der Waals surface area contributed by atoms with Crippen molar-refractivity contribution in [2.24, 2.45) is 0 Å².